The minimum Gasteiger partial charge on any atom is -0.312 e. The molecule has 18 heavy (non-hydrogen) atoms. The van der Waals surface area contributed by atoms with Gasteiger partial charge in [0.15, 0.2) is 0 Å². The maximum atomic E-state index is 3.67. The predicted octanol–water partition coefficient (Wildman–Crippen LogP) is 2.59. The molecular weight excluding hydrogens is 240 g/mol. The summed E-state index contributed by atoms with van der Waals surface area (Å²) in [7, 11) is 0. The molecule has 0 aromatic heterocycles. The maximum Gasteiger partial charge on any atom is 0.0235 e. The molecule has 2 unspecified atom stereocenters. The van der Waals surface area contributed by atoms with Gasteiger partial charge in [0.1, 0.15) is 0 Å². The molecule has 0 aliphatic carbocycles. The van der Waals surface area contributed by atoms with Crippen molar-refractivity contribution < 1.29 is 0 Å². The second-order valence-corrected chi connectivity index (χ2v) is 6.38. The van der Waals surface area contributed by atoms with Gasteiger partial charge >= 0.3 is 0 Å². The van der Waals surface area contributed by atoms with E-state index in [-0.39, 0.29) is 0 Å². The lowest BCUT2D eigenvalue weighted by atomic mass is 9.94. The highest BCUT2D eigenvalue weighted by molar-refractivity contribution is 7.98. The molecule has 2 aliphatic rings. The molecule has 0 saturated carbocycles. The Morgan fingerprint density at radius 1 is 1.28 bits per heavy atom. The number of benzene rings is 1. The van der Waals surface area contributed by atoms with Crippen molar-refractivity contribution in [2.75, 3.05) is 25.9 Å². The number of hydrogen-bond acceptors (Lipinski definition) is 3. The van der Waals surface area contributed by atoms with E-state index in [2.05, 4.69) is 40.7 Å². The summed E-state index contributed by atoms with van der Waals surface area (Å²) in [6.07, 6.45) is 4.91. The van der Waals surface area contributed by atoms with Crippen LogP contribution in [0.2, 0.25) is 0 Å². The summed E-state index contributed by atoms with van der Waals surface area (Å²) in [4.78, 5) is 3.97. The molecule has 3 heteroatoms. The number of thioether (sulfide) groups is 1. The van der Waals surface area contributed by atoms with E-state index in [1.165, 1.54) is 42.9 Å². The topological polar surface area (TPSA) is 15.3 Å². The summed E-state index contributed by atoms with van der Waals surface area (Å²) in [5, 5.41) is 3.67. The van der Waals surface area contributed by atoms with Gasteiger partial charge in [0.25, 0.3) is 0 Å². The largest absolute Gasteiger partial charge is 0.312 e. The molecule has 2 heterocycles. The third kappa shape index (κ3) is 2.73. The van der Waals surface area contributed by atoms with Crippen molar-refractivity contribution >= 4 is 11.8 Å². The fourth-order valence-corrected chi connectivity index (χ4v) is 3.66. The van der Waals surface area contributed by atoms with Gasteiger partial charge in [-0.2, -0.15) is 0 Å². The Hall–Kier alpha value is -0.510. The summed E-state index contributed by atoms with van der Waals surface area (Å²) in [5.74, 6) is 0.893. The second-order valence-electron chi connectivity index (χ2n) is 5.51. The summed E-state index contributed by atoms with van der Waals surface area (Å²) in [6, 6.07) is 9.79. The average Bonchev–Trinajstić information content (AvgIpc) is 2.82. The highest BCUT2D eigenvalue weighted by atomic mass is 32.2. The van der Waals surface area contributed by atoms with Crippen LogP contribution in [0.5, 0.6) is 0 Å². The number of nitrogens with zero attached hydrogens (tertiary/aromatic N) is 1. The van der Waals surface area contributed by atoms with E-state index in [0.29, 0.717) is 0 Å². The first-order valence-electron chi connectivity index (χ1n) is 6.94. The zero-order chi connectivity index (χ0) is 12.4. The zero-order valence-corrected chi connectivity index (χ0v) is 11.9. The standard InChI is InChI=1S/C15H22N2S/c1-18-14-6-4-12(5-7-14)9-17-10-13-3-2-8-16-15(13)11-17/h4-7,13,15-16H,2-3,8-11H2,1H3. The van der Waals surface area contributed by atoms with Crippen LogP contribution < -0.4 is 5.32 Å². The molecule has 2 nitrogen and oxygen atoms in total. The van der Waals surface area contributed by atoms with Gasteiger partial charge in [0.2, 0.25) is 0 Å². The molecule has 0 amide bonds. The van der Waals surface area contributed by atoms with Crippen molar-refractivity contribution in [2.45, 2.75) is 30.3 Å². The van der Waals surface area contributed by atoms with Crippen molar-refractivity contribution in [3.05, 3.63) is 29.8 Å². The van der Waals surface area contributed by atoms with Crippen LogP contribution in [0.25, 0.3) is 0 Å². The SMILES string of the molecule is CSc1ccc(CN2CC3CCCNC3C2)cc1. The van der Waals surface area contributed by atoms with Crippen molar-refractivity contribution in [2.24, 2.45) is 5.92 Å². The second kappa shape index (κ2) is 5.64. The first-order chi connectivity index (χ1) is 8.85. The smallest absolute Gasteiger partial charge is 0.0235 e. The lowest BCUT2D eigenvalue weighted by molar-refractivity contribution is 0.312. The molecule has 0 radical (unpaired) electrons. The van der Waals surface area contributed by atoms with Gasteiger partial charge in [-0.05, 0) is 49.3 Å². The number of piperidine rings is 1. The quantitative estimate of drug-likeness (QED) is 0.843. The van der Waals surface area contributed by atoms with Crippen LogP contribution in [-0.2, 0) is 6.54 Å². The van der Waals surface area contributed by atoms with Crippen LogP contribution in [-0.4, -0.2) is 36.8 Å². The van der Waals surface area contributed by atoms with Crippen molar-refractivity contribution in [3.8, 4) is 0 Å². The molecule has 1 aromatic carbocycles. The molecule has 98 valence electrons. The molecule has 2 aliphatic heterocycles. The third-order valence-corrected chi connectivity index (χ3v) is 4.98. The number of likely N-dealkylation sites (tertiary alicyclic amines) is 1. The van der Waals surface area contributed by atoms with E-state index in [0.717, 1.165) is 18.5 Å². The average molecular weight is 262 g/mol. The van der Waals surface area contributed by atoms with Gasteiger partial charge in [-0.15, -0.1) is 11.8 Å². The maximum absolute atomic E-state index is 3.67. The van der Waals surface area contributed by atoms with E-state index in [4.69, 9.17) is 0 Å². The fourth-order valence-electron chi connectivity index (χ4n) is 3.25. The van der Waals surface area contributed by atoms with E-state index < -0.39 is 0 Å². The lowest BCUT2D eigenvalue weighted by Gasteiger charge is -2.24. The van der Waals surface area contributed by atoms with Gasteiger partial charge in [-0.25, -0.2) is 0 Å². The highest BCUT2D eigenvalue weighted by Gasteiger charge is 2.33. The summed E-state index contributed by atoms with van der Waals surface area (Å²) in [6.45, 7) is 4.84. The van der Waals surface area contributed by atoms with E-state index in [1.807, 2.05) is 11.8 Å². The molecule has 2 fully saturated rings. The predicted molar refractivity (Wildman–Crippen MR) is 78.0 cm³/mol. The van der Waals surface area contributed by atoms with Gasteiger partial charge in [0, 0.05) is 30.6 Å². The van der Waals surface area contributed by atoms with Gasteiger partial charge in [-0.1, -0.05) is 12.1 Å². The summed E-state index contributed by atoms with van der Waals surface area (Å²) >= 11 is 1.81. The van der Waals surface area contributed by atoms with E-state index >= 15 is 0 Å². The lowest BCUT2D eigenvalue weighted by Crippen LogP contribution is -2.40. The first-order valence-corrected chi connectivity index (χ1v) is 8.16. The molecular formula is C15H22N2S. The Kier molecular flexibility index (Phi) is 3.92. The Labute approximate surface area is 114 Å². The molecule has 3 rings (SSSR count). The summed E-state index contributed by atoms with van der Waals surface area (Å²) < 4.78 is 0. The van der Waals surface area contributed by atoms with Crippen molar-refractivity contribution in [1.29, 1.82) is 0 Å². The summed E-state index contributed by atoms with van der Waals surface area (Å²) in [5.41, 5.74) is 1.45. The first kappa shape index (κ1) is 12.5. The van der Waals surface area contributed by atoms with Gasteiger partial charge in [0.05, 0.1) is 0 Å². The Bertz CT molecular complexity index is 376. The fraction of sp³-hybridized carbons (Fsp3) is 0.600. The minimum absolute atomic E-state index is 0.754. The number of hydrogen-bond donors (Lipinski definition) is 1. The molecule has 0 bridgehead atoms. The van der Waals surface area contributed by atoms with E-state index in [1.54, 1.807) is 0 Å². The van der Waals surface area contributed by atoms with Crippen molar-refractivity contribution in [3.63, 3.8) is 0 Å². The molecule has 2 atom stereocenters. The van der Waals surface area contributed by atoms with Crippen LogP contribution in [0.1, 0.15) is 18.4 Å². The number of nitrogens with one attached hydrogen (secondary N) is 1. The molecule has 1 aromatic rings. The molecule has 2 saturated heterocycles. The molecule has 0 spiro atoms. The Morgan fingerprint density at radius 3 is 2.83 bits per heavy atom. The van der Waals surface area contributed by atoms with Crippen LogP contribution >= 0.6 is 11.8 Å². The molecule has 1 N–H and O–H groups in total. The monoisotopic (exact) mass is 262 g/mol. The zero-order valence-electron chi connectivity index (χ0n) is 11.1. The number of fused-ring (bicyclic) bond motifs is 1. The van der Waals surface area contributed by atoms with Crippen LogP contribution in [0.4, 0.5) is 0 Å². The minimum atomic E-state index is 0.754. The Morgan fingerprint density at radius 2 is 2.11 bits per heavy atom. The Balaban J connectivity index is 1.59. The van der Waals surface area contributed by atoms with Gasteiger partial charge < -0.3 is 5.32 Å². The normalized spacial score (nSPS) is 28.3. The number of rotatable bonds is 3. The van der Waals surface area contributed by atoms with Crippen LogP contribution in [0.3, 0.4) is 0 Å². The van der Waals surface area contributed by atoms with Gasteiger partial charge in [-0.3, -0.25) is 4.90 Å². The van der Waals surface area contributed by atoms with Crippen LogP contribution in [0, 0.1) is 5.92 Å². The van der Waals surface area contributed by atoms with Crippen LogP contribution in [0.15, 0.2) is 29.2 Å². The highest BCUT2D eigenvalue weighted by Crippen LogP contribution is 2.26. The third-order valence-electron chi connectivity index (χ3n) is 4.24. The van der Waals surface area contributed by atoms with E-state index in [9.17, 15) is 0 Å². The van der Waals surface area contributed by atoms with Crippen molar-refractivity contribution in [1.82, 2.24) is 10.2 Å².